The summed E-state index contributed by atoms with van der Waals surface area (Å²) in [5, 5.41) is 8.93. The first-order chi connectivity index (χ1) is 11.0. The summed E-state index contributed by atoms with van der Waals surface area (Å²) in [4.78, 5) is 24.7. The SMILES string of the molecule is CC(C)(C)NS(=O)(=O)c1ccc(C(=O)N(CC(=O)O)C2CC2)cc1. The fourth-order valence-corrected chi connectivity index (χ4v) is 3.72. The third-order valence-corrected chi connectivity index (χ3v) is 5.18. The highest BCUT2D eigenvalue weighted by Gasteiger charge is 2.34. The molecule has 1 saturated carbocycles. The van der Waals surface area contributed by atoms with Gasteiger partial charge in [-0.25, -0.2) is 13.1 Å². The van der Waals surface area contributed by atoms with Crippen molar-refractivity contribution in [3.05, 3.63) is 29.8 Å². The number of amides is 1. The molecule has 0 unspecified atom stereocenters. The van der Waals surface area contributed by atoms with Gasteiger partial charge in [0.1, 0.15) is 6.54 Å². The molecule has 0 saturated heterocycles. The second kappa shape index (κ2) is 6.52. The number of nitrogens with one attached hydrogen (secondary N) is 1. The number of rotatable bonds is 6. The van der Waals surface area contributed by atoms with Gasteiger partial charge in [-0.05, 0) is 57.9 Å². The summed E-state index contributed by atoms with van der Waals surface area (Å²) in [7, 11) is -3.67. The highest BCUT2D eigenvalue weighted by molar-refractivity contribution is 7.89. The van der Waals surface area contributed by atoms with Gasteiger partial charge in [0.25, 0.3) is 5.91 Å². The summed E-state index contributed by atoms with van der Waals surface area (Å²) in [6.07, 6.45) is 1.59. The van der Waals surface area contributed by atoms with E-state index in [0.29, 0.717) is 0 Å². The minimum atomic E-state index is -3.67. The lowest BCUT2D eigenvalue weighted by molar-refractivity contribution is -0.137. The number of carboxylic acid groups (broad SMARTS) is 1. The molecule has 1 aliphatic rings. The lowest BCUT2D eigenvalue weighted by Crippen LogP contribution is -2.40. The molecule has 24 heavy (non-hydrogen) atoms. The monoisotopic (exact) mass is 354 g/mol. The largest absolute Gasteiger partial charge is 0.480 e. The minimum Gasteiger partial charge on any atom is -0.480 e. The molecule has 0 spiro atoms. The highest BCUT2D eigenvalue weighted by atomic mass is 32.2. The molecule has 2 rings (SSSR count). The van der Waals surface area contributed by atoms with E-state index in [1.807, 2.05) is 0 Å². The molecular weight excluding hydrogens is 332 g/mol. The molecule has 0 atom stereocenters. The van der Waals surface area contributed by atoms with Crippen LogP contribution in [0.5, 0.6) is 0 Å². The van der Waals surface area contributed by atoms with Crippen molar-refractivity contribution in [1.82, 2.24) is 9.62 Å². The van der Waals surface area contributed by atoms with E-state index in [2.05, 4.69) is 4.72 Å². The van der Waals surface area contributed by atoms with Crippen molar-refractivity contribution in [3.63, 3.8) is 0 Å². The number of carboxylic acids is 1. The van der Waals surface area contributed by atoms with Crippen LogP contribution in [0.3, 0.4) is 0 Å². The zero-order chi connectivity index (χ0) is 18.1. The quantitative estimate of drug-likeness (QED) is 0.805. The molecule has 0 heterocycles. The summed E-state index contributed by atoms with van der Waals surface area (Å²) in [6, 6.07) is 5.49. The Balaban J connectivity index is 2.19. The zero-order valence-electron chi connectivity index (χ0n) is 13.9. The normalized spacial score (nSPS) is 15.1. The number of sulfonamides is 1. The van der Waals surface area contributed by atoms with E-state index in [9.17, 15) is 18.0 Å². The Labute approximate surface area is 141 Å². The van der Waals surface area contributed by atoms with Crippen LogP contribution < -0.4 is 4.72 Å². The van der Waals surface area contributed by atoms with Crippen molar-refractivity contribution in [2.75, 3.05) is 6.54 Å². The van der Waals surface area contributed by atoms with Gasteiger partial charge >= 0.3 is 5.97 Å². The Kier molecular flexibility index (Phi) is 5.00. The van der Waals surface area contributed by atoms with E-state index in [-0.39, 0.29) is 23.0 Å². The molecular formula is C16H22N2O5S. The number of benzene rings is 1. The second-order valence-corrected chi connectivity index (χ2v) is 8.62. The molecule has 132 valence electrons. The summed E-state index contributed by atoms with van der Waals surface area (Å²) in [5.41, 5.74) is -0.338. The van der Waals surface area contributed by atoms with E-state index < -0.39 is 27.4 Å². The average Bonchev–Trinajstić information content (AvgIpc) is 3.26. The van der Waals surface area contributed by atoms with Gasteiger partial charge in [-0.2, -0.15) is 0 Å². The highest BCUT2D eigenvalue weighted by Crippen LogP contribution is 2.28. The van der Waals surface area contributed by atoms with E-state index in [1.165, 1.54) is 29.2 Å². The maximum absolute atomic E-state index is 12.4. The van der Waals surface area contributed by atoms with E-state index >= 15 is 0 Å². The number of hydrogen-bond acceptors (Lipinski definition) is 4. The Morgan fingerprint density at radius 2 is 1.75 bits per heavy atom. The molecule has 2 N–H and O–H groups in total. The van der Waals surface area contributed by atoms with Crippen LogP contribution in [0.25, 0.3) is 0 Å². The van der Waals surface area contributed by atoms with Crippen molar-refractivity contribution in [3.8, 4) is 0 Å². The topological polar surface area (TPSA) is 104 Å². The van der Waals surface area contributed by atoms with Crippen LogP contribution in [0.2, 0.25) is 0 Å². The predicted molar refractivity (Wildman–Crippen MR) is 88.2 cm³/mol. The van der Waals surface area contributed by atoms with Gasteiger partial charge in [0.15, 0.2) is 0 Å². The van der Waals surface area contributed by atoms with Crippen LogP contribution in [0, 0.1) is 0 Å². The molecule has 1 aliphatic carbocycles. The summed E-state index contributed by atoms with van der Waals surface area (Å²) in [5.74, 6) is -1.46. The van der Waals surface area contributed by atoms with E-state index in [4.69, 9.17) is 5.11 Å². The Morgan fingerprint density at radius 3 is 2.17 bits per heavy atom. The molecule has 1 aromatic carbocycles. The third kappa shape index (κ3) is 4.78. The zero-order valence-corrected chi connectivity index (χ0v) is 14.8. The first-order valence-corrected chi connectivity index (χ1v) is 9.15. The van der Waals surface area contributed by atoms with E-state index in [0.717, 1.165) is 12.8 Å². The van der Waals surface area contributed by atoms with Gasteiger partial charge < -0.3 is 10.0 Å². The summed E-state index contributed by atoms with van der Waals surface area (Å²) >= 11 is 0. The second-order valence-electron chi connectivity index (χ2n) is 6.94. The molecule has 0 bridgehead atoms. The van der Waals surface area contributed by atoms with Crippen molar-refractivity contribution >= 4 is 21.9 Å². The number of carbonyl (C=O) groups excluding carboxylic acids is 1. The molecule has 1 aromatic rings. The first-order valence-electron chi connectivity index (χ1n) is 7.66. The maximum atomic E-state index is 12.4. The number of carbonyl (C=O) groups is 2. The Morgan fingerprint density at radius 1 is 1.21 bits per heavy atom. The predicted octanol–water partition coefficient (Wildman–Crippen LogP) is 1.45. The number of nitrogens with zero attached hydrogens (tertiary/aromatic N) is 1. The summed E-state index contributed by atoms with van der Waals surface area (Å²) < 4.78 is 27.0. The minimum absolute atomic E-state index is 0.0421. The Bertz CT molecular complexity index is 731. The van der Waals surface area contributed by atoms with Crippen LogP contribution in [0.1, 0.15) is 44.0 Å². The molecule has 0 radical (unpaired) electrons. The van der Waals surface area contributed by atoms with Gasteiger partial charge in [-0.3, -0.25) is 9.59 Å². The molecule has 1 fully saturated rings. The van der Waals surface area contributed by atoms with Crippen LogP contribution >= 0.6 is 0 Å². The standard InChI is InChI=1S/C16H22N2O5S/c1-16(2,3)17-24(22,23)13-8-4-11(5-9-13)15(21)18(10-14(19)20)12-6-7-12/h4-5,8-9,12,17H,6-7,10H2,1-3H3,(H,19,20). The smallest absolute Gasteiger partial charge is 0.323 e. The van der Waals surface area contributed by atoms with Gasteiger partial charge in [-0.1, -0.05) is 0 Å². The van der Waals surface area contributed by atoms with Gasteiger partial charge in [-0.15, -0.1) is 0 Å². The molecule has 8 heteroatoms. The van der Waals surface area contributed by atoms with Crippen LogP contribution in [0.4, 0.5) is 0 Å². The summed E-state index contributed by atoms with van der Waals surface area (Å²) in [6.45, 7) is 4.86. The molecule has 0 aromatic heterocycles. The fraction of sp³-hybridized carbons (Fsp3) is 0.500. The number of hydrogen-bond donors (Lipinski definition) is 2. The van der Waals surface area contributed by atoms with Crippen molar-refractivity contribution in [2.24, 2.45) is 0 Å². The van der Waals surface area contributed by atoms with Crippen molar-refractivity contribution < 1.29 is 23.1 Å². The molecule has 0 aliphatic heterocycles. The van der Waals surface area contributed by atoms with E-state index in [1.54, 1.807) is 20.8 Å². The van der Waals surface area contributed by atoms with Gasteiger partial charge in [0.2, 0.25) is 10.0 Å². The number of aliphatic carboxylic acids is 1. The lowest BCUT2D eigenvalue weighted by atomic mass is 10.1. The van der Waals surface area contributed by atoms with Gasteiger partial charge in [0.05, 0.1) is 4.90 Å². The van der Waals surface area contributed by atoms with Crippen LogP contribution in [-0.4, -0.2) is 48.4 Å². The molecule has 7 nitrogen and oxygen atoms in total. The van der Waals surface area contributed by atoms with Crippen LogP contribution in [-0.2, 0) is 14.8 Å². The van der Waals surface area contributed by atoms with Crippen molar-refractivity contribution in [1.29, 1.82) is 0 Å². The average molecular weight is 354 g/mol. The fourth-order valence-electron chi connectivity index (χ4n) is 2.30. The third-order valence-electron chi connectivity index (χ3n) is 3.41. The maximum Gasteiger partial charge on any atom is 0.323 e. The lowest BCUT2D eigenvalue weighted by Gasteiger charge is -2.21. The first kappa shape index (κ1) is 18.4. The van der Waals surface area contributed by atoms with Crippen LogP contribution in [0.15, 0.2) is 29.2 Å². The Hall–Kier alpha value is -1.93. The van der Waals surface area contributed by atoms with Gasteiger partial charge in [0, 0.05) is 17.1 Å². The molecule has 1 amide bonds. The van der Waals surface area contributed by atoms with Crippen molar-refractivity contribution in [2.45, 2.75) is 50.1 Å².